The molecule has 60 heavy (non-hydrogen) atoms. The van der Waals surface area contributed by atoms with Crippen LogP contribution in [-0.2, 0) is 0 Å². The summed E-state index contributed by atoms with van der Waals surface area (Å²) in [6.07, 6.45) is 0. The maximum absolute atomic E-state index is 6.89. The van der Waals surface area contributed by atoms with Crippen LogP contribution in [0.4, 0.5) is 0 Å². The van der Waals surface area contributed by atoms with Crippen LogP contribution in [0.5, 0.6) is 0 Å². The van der Waals surface area contributed by atoms with Gasteiger partial charge in [0.05, 0.1) is 44.7 Å². The van der Waals surface area contributed by atoms with Gasteiger partial charge in [-0.2, -0.15) is 0 Å². The largest absolute Gasteiger partial charge is 0.455 e. The van der Waals surface area contributed by atoms with Gasteiger partial charge in [0.25, 0.3) is 0 Å². The number of para-hydroxylation sites is 4. The van der Waals surface area contributed by atoms with Gasteiger partial charge >= 0.3 is 0 Å². The molecule has 5 heteroatoms. The van der Waals surface area contributed by atoms with E-state index in [0.717, 1.165) is 110 Å². The Morgan fingerprint density at radius 2 is 1.03 bits per heavy atom. The SMILES string of the molecule is c1ccc(-c2ccc3ccc4ccc(-c5cc6c(-c7ccc8c(c7)c7ccccc7n8-c7ccccc7)nc7ccccc7c6c6c5oc5ccccc56)nc4c3n2)cc1. The Bertz CT molecular complexity index is 3890. The van der Waals surface area contributed by atoms with Gasteiger partial charge < -0.3 is 8.98 Å². The normalized spacial score (nSPS) is 12.0. The zero-order valence-electron chi connectivity index (χ0n) is 32.2. The molecule has 0 N–H and O–H groups in total. The Labute approximate surface area is 343 Å². The molecule has 0 aliphatic carbocycles. The first-order valence-electron chi connectivity index (χ1n) is 20.3. The summed E-state index contributed by atoms with van der Waals surface area (Å²) in [5.74, 6) is 0. The molecule has 13 rings (SSSR count). The van der Waals surface area contributed by atoms with E-state index in [2.05, 4.69) is 174 Å². The molecule has 5 aromatic heterocycles. The topological polar surface area (TPSA) is 56.7 Å². The van der Waals surface area contributed by atoms with Crippen molar-refractivity contribution in [2.24, 2.45) is 0 Å². The van der Waals surface area contributed by atoms with Crippen LogP contribution in [0.3, 0.4) is 0 Å². The smallest absolute Gasteiger partial charge is 0.145 e. The van der Waals surface area contributed by atoms with Crippen molar-refractivity contribution in [3.8, 4) is 39.5 Å². The van der Waals surface area contributed by atoms with E-state index in [1.165, 1.54) is 16.3 Å². The quantitative estimate of drug-likeness (QED) is 0.167. The highest BCUT2D eigenvalue weighted by atomic mass is 16.3. The number of furan rings is 1. The van der Waals surface area contributed by atoms with Crippen molar-refractivity contribution in [1.82, 2.24) is 19.5 Å². The minimum absolute atomic E-state index is 0.803. The maximum Gasteiger partial charge on any atom is 0.145 e. The summed E-state index contributed by atoms with van der Waals surface area (Å²) < 4.78 is 9.24. The number of nitrogens with zero attached hydrogens (tertiary/aromatic N) is 4. The minimum atomic E-state index is 0.803. The summed E-state index contributed by atoms with van der Waals surface area (Å²) in [5, 5.41) is 9.80. The van der Waals surface area contributed by atoms with Crippen molar-refractivity contribution in [3.63, 3.8) is 0 Å². The number of hydrogen-bond donors (Lipinski definition) is 0. The van der Waals surface area contributed by atoms with Crippen molar-refractivity contribution in [2.75, 3.05) is 0 Å². The molecular formula is C55H32N4O. The summed E-state index contributed by atoms with van der Waals surface area (Å²) in [5.41, 5.74) is 13.4. The third-order valence-electron chi connectivity index (χ3n) is 12.1. The van der Waals surface area contributed by atoms with Crippen LogP contribution in [0.25, 0.3) is 127 Å². The highest BCUT2D eigenvalue weighted by Crippen LogP contribution is 2.46. The molecule has 5 heterocycles. The molecule has 0 fully saturated rings. The summed E-state index contributed by atoms with van der Waals surface area (Å²) in [6, 6.07) is 68.2. The lowest BCUT2D eigenvalue weighted by Crippen LogP contribution is -1.95. The van der Waals surface area contributed by atoms with Gasteiger partial charge in [-0.3, -0.25) is 0 Å². The summed E-state index contributed by atoms with van der Waals surface area (Å²) in [7, 11) is 0. The lowest BCUT2D eigenvalue weighted by Gasteiger charge is -2.14. The van der Waals surface area contributed by atoms with Gasteiger partial charge in [-0.1, -0.05) is 133 Å². The molecule has 0 saturated carbocycles. The van der Waals surface area contributed by atoms with E-state index in [0.29, 0.717) is 0 Å². The first kappa shape index (κ1) is 32.9. The van der Waals surface area contributed by atoms with E-state index in [9.17, 15) is 0 Å². The van der Waals surface area contributed by atoms with Crippen molar-refractivity contribution in [1.29, 1.82) is 0 Å². The van der Waals surface area contributed by atoms with E-state index in [-0.39, 0.29) is 0 Å². The molecule has 0 amide bonds. The van der Waals surface area contributed by atoms with Gasteiger partial charge in [-0.25, -0.2) is 15.0 Å². The Hall–Kier alpha value is -8.15. The van der Waals surface area contributed by atoms with Crippen molar-refractivity contribution in [2.45, 2.75) is 0 Å². The molecule has 0 saturated heterocycles. The van der Waals surface area contributed by atoms with E-state index >= 15 is 0 Å². The van der Waals surface area contributed by atoms with Gasteiger partial charge in [0, 0.05) is 70.9 Å². The van der Waals surface area contributed by atoms with Gasteiger partial charge in [-0.15, -0.1) is 0 Å². The highest BCUT2D eigenvalue weighted by Gasteiger charge is 2.23. The lowest BCUT2D eigenvalue weighted by atomic mass is 9.92. The minimum Gasteiger partial charge on any atom is -0.455 e. The third-order valence-corrected chi connectivity index (χ3v) is 12.1. The molecule has 0 unspecified atom stereocenters. The van der Waals surface area contributed by atoms with Crippen LogP contribution >= 0.6 is 0 Å². The number of rotatable bonds is 4. The second-order valence-corrected chi connectivity index (χ2v) is 15.5. The van der Waals surface area contributed by atoms with E-state index < -0.39 is 0 Å². The molecule has 5 nitrogen and oxygen atoms in total. The third kappa shape index (κ3) is 4.84. The number of fused-ring (bicyclic) bond motifs is 13. The predicted molar refractivity (Wildman–Crippen MR) is 248 cm³/mol. The van der Waals surface area contributed by atoms with Crippen LogP contribution in [0.1, 0.15) is 0 Å². The van der Waals surface area contributed by atoms with Gasteiger partial charge in [0.2, 0.25) is 0 Å². The molecular weight excluding hydrogens is 733 g/mol. The van der Waals surface area contributed by atoms with Crippen LogP contribution in [0.15, 0.2) is 199 Å². The van der Waals surface area contributed by atoms with Gasteiger partial charge in [-0.05, 0) is 60.7 Å². The Morgan fingerprint density at radius 1 is 0.400 bits per heavy atom. The van der Waals surface area contributed by atoms with Crippen LogP contribution in [0, 0.1) is 0 Å². The summed E-state index contributed by atoms with van der Waals surface area (Å²) in [6.45, 7) is 0. The van der Waals surface area contributed by atoms with Crippen LogP contribution in [-0.4, -0.2) is 19.5 Å². The molecule has 0 aliphatic heterocycles. The molecule has 0 aliphatic rings. The van der Waals surface area contributed by atoms with E-state index in [4.69, 9.17) is 19.4 Å². The van der Waals surface area contributed by atoms with Gasteiger partial charge in [0.1, 0.15) is 11.2 Å². The molecule has 0 spiro atoms. The monoisotopic (exact) mass is 764 g/mol. The molecule has 0 radical (unpaired) electrons. The average molecular weight is 765 g/mol. The molecule has 13 aromatic rings. The lowest BCUT2D eigenvalue weighted by molar-refractivity contribution is 0.670. The standard InChI is InChI=1S/C55H32N4O/c1-3-13-33(14-4-1)44-28-25-34-23-24-35-26-29-46(58-54(35)53(34)56-44)42-32-43-50(51-40-19-9-12-22-49(40)60-55(42)51)39-18-7-10-20-45(39)57-52(43)36-27-30-48-41(31-36)38-17-8-11-21-47(38)59(48)37-15-5-2-6-16-37/h1-32H. The fourth-order valence-corrected chi connectivity index (χ4v) is 9.40. The van der Waals surface area contributed by atoms with Crippen LogP contribution < -0.4 is 0 Å². The van der Waals surface area contributed by atoms with Crippen molar-refractivity contribution >= 4 is 87.2 Å². The number of aromatic nitrogens is 4. The second-order valence-electron chi connectivity index (χ2n) is 15.5. The van der Waals surface area contributed by atoms with Crippen LogP contribution in [0.2, 0.25) is 0 Å². The first-order chi connectivity index (χ1) is 29.7. The number of hydrogen-bond acceptors (Lipinski definition) is 4. The average Bonchev–Trinajstić information content (AvgIpc) is 3.87. The van der Waals surface area contributed by atoms with Crippen molar-refractivity contribution in [3.05, 3.63) is 194 Å². The molecule has 8 aromatic carbocycles. The Balaban J connectivity index is 1.12. The van der Waals surface area contributed by atoms with E-state index in [1.54, 1.807) is 0 Å². The highest BCUT2D eigenvalue weighted by molar-refractivity contribution is 6.30. The zero-order valence-corrected chi connectivity index (χ0v) is 32.2. The predicted octanol–water partition coefficient (Wildman–Crippen LogP) is 14.5. The second kappa shape index (κ2) is 12.7. The molecule has 0 bridgehead atoms. The Morgan fingerprint density at radius 3 is 1.85 bits per heavy atom. The fraction of sp³-hybridized carbons (Fsp3) is 0. The number of benzene rings is 8. The summed E-state index contributed by atoms with van der Waals surface area (Å²) in [4.78, 5) is 16.2. The molecule has 278 valence electrons. The Kier molecular flexibility index (Phi) is 6.95. The van der Waals surface area contributed by atoms with Crippen molar-refractivity contribution < 1.29 is 4.42 Å². The zero-order chi connectivity index (χ0) is 39.3. The summed E-state index contributed by atoms with van der Waals surface area (Å²) >= 11 is 0. The van der Waals surface area contributed by atoms with Gasteiger partial charge in [0.15, 0.2) is 0 Å². The maximum atomic E-state index is 6.89. The number of pyridine rings is 3. The first-order valence-corrected chi connectivity index (χ1v) is 20.3. The molecule has 0 atom stereocenters. The fourth-order valence-electron chi connectivity index (χ4n) is 9.40. The van der Waals surface area contributed by atoms with E-state index in [1.807, 2.05) is 24.3 Å².